The summed E-state index contributed by atoms with van der Waals surface area (Å²) < 4.78 is 5.93. The van der Waals surface area contributed by atoms with Crippen molar-refractivity contribution in [1.29, 1.82) is 0 Å². The fourth-order valence-corrected chi connectivity index (χ4v) is 3.57. The number of carbonyl (C=O) groups is 2. The fraction of sp³-hybridized carbons (Fsp3) is 0.474. The normalized spacial score (nSPS) is 27.2. The van der Waals surface area contributed by atoms with E-state index in [4.69, 9.17) is 16.3 Å². The van der Waals surface area contributed by atoms with Crippen LogP contribution in [0.2, 0.25) is 5.02 Å². The number of hydrogen-bond acceptors (Lipinski definition) is 3. The zero-order chi connectivity index (χ0) is 17.8. The highest BCUT2D eigenvalue weighted by atomic mass is 35.5. The molecule has 1 aliphatic carbocycles. The monoisotopic (exact) mass is 362 g/mol. The van der Waals surface area contributed by atoms with E-state index in [-0.39, 0.29) is 29.9 Å². The van der Waals surface area contributed by atoms with Crippen LogP contribution in [0.15, 0.2) is 30.0 Å². The smallest absolute Gasteiger partial charge is 0.286 e. The van der Waals surface area contributed by atoms with Crippen molar-refractivity contribution in [2.75, 3.05) is 6.54 Å². The molecule has 2 N–H and O–H groups in total. The van der Waals surface area contributed by atoms with E-state index in [1.54, 1.807) is 18.2 Å². The van der Waals surface area contributed by atoms with Gasteiger partial charge in [0.2, 0.25) is 5.91 Å². The molecule has 0 bridgehead atoms. The molecule has 3 atom stereocenters. The summed E-state index contributed by atoms with van der Waals surface area (Å²) in [5, 5.41) is 6.55. The van der Waals surface area contributed by atoms with Crippen LogP contribution in [0.25, 0.3) is 6.08 Å². The summed E-state index contributed by atoms with van der Waals surface area (Å²) >= 11 is 5.98. The highest BCUT2D eigenvalue weighted by Crippen LogP contribution is 2.31. The van der Waals surface area contributed by atoms with Crippen molar-refractivity contribution in [1.82, 2.24) is 10.6 Å². The molecule has 1 aromatic carbocycles. The zero-order valence-corrected chi connectivity index (χ0v) is 15.0. The summed E-state index contributed by atoms with van der Waals surface area (Å²) in [5.74, 6) is 0.0817. The number of amides is 2. The molecule has 3 rings (SSSR count). The maximum atomic E-state index is 12.3. The number of halogens is 1. The SMILES string of the molecule is CCCNC(=O)C1CCC2O/C(=C\c3cccc(Cl)c3)C(=O)NC2C1. The molecule has 2 amide bonds. The molecule has 2 fully saturated rings. The first-order valence-corrected chi connectivity index (χ1v) is 9.17. The predicted octanol–water partition coefficient (Wildman–Crippen LogP) is 2.89. The van der Waals surface area contributed by atoms with Gasteiger partial charge in [-0.15, -0.1) is 0 Å². The van der Waals surface area contributed by atoms with Crippen molar-refractivity contribution >= 4 is 29.5 Å². The molecule has 0 aromatic heterocycles. The van der Waals surface area contributed by atoms with Gasteiger partial charge in [0.25, 0.3) is 5.91 Å². The molecular weight excluding hydrogens is 340 g/mol. The lowest BCUT2D eigenvalue weighted by molar-refractivity contribution is -0.134. The number of nitrogens with one attached hydrogen (secondary N) is 2. The summed E-state index contributed by atoms with van der Waals surface area (Å²) in [5.41, 5.74) is 0.823. The molecule has 1 heterocycles. The number of morpholine rings is 1. The third kappa shape index (κ3) is 4.34. The second-order valence-electron chi connectivity index (χ2n) is 6.60. The molecule has 5 nitrogen and oxygen atoms in total. The fourth-order valence-electron chi connectivity index (χ4n) is 3.37. The minimum absolute atomic E-state index is 0.0600. The van der Waals surface area contributed by atoms with Crippen molar-refractivity contribution in [2.45, 2.75) is 44.8 Å². The van der Waals surface area contributed by atoms with E-state index in [0.717, 1.165) is 24.8 Å². The molecular formula is C19H23ClN2O3. The van der Waals surface area contributed by atoms with Crippen LogP contribution in [0.3, 0.4) is 0 Å². The number of hydrogen-bond donors (Lipinski definition) is 2. The summed E-state index contributed by atoms with van der Waals surface area (Å²) in [7, 11) is 0. The van der Waals surface area contributed by atoms with Gasteiger partial charge in [0.15, 0.2) is 5.76 Å². The van der Waals surface area contributed by atoms with Crippen molar-refractivity contribution in [3.8, 4) is 0 Å². The zero-order valence-electron chi connectivity index (χ0n) is 14.3. The lowest BCUT2D eigenvalue weighted by Crippen LogP contribution is -2.54. The van der Waals surface area contributed by atoms with Crippen LogP contribution in [-0.4, -0.2) is 30.5 Å². The van der Waals surface area contributed by atoms with E-state index in [2.05, 4.69) is 10.6 Å². The molecule has 1 aromatic rings. The van der Waals surface area contributed by atoms with E-state index in [9.17, 15) is 9.59 Å². The van der Waals surface area contributed by atoms with Gasteiger partial charge in [-0.3, -0.25) is 9.59 Å². The second-order valence-corrected chi connectivity index (χ2v) is 7.04. The topological polar surface area (TPSA) is 67.4 Å². The van der Waals surface area contributed by atoms with Gasteiger partial charge in [0.05, 0.1) is 6.04 Å². The maximum Gasteiger partial charge on any atom is 0.286 e. The van der Waals surface area contributed by atoms with Crippen molar-refractivity contribution in [2.24, 2.45) is 5.92 Å². The van der Waals surface area contributed by atoms with Crippen molar-refractivity contribution in [3.63, 3.8) is 0 Å². The van der Waals surface area contributed by atoms with Crippen molar-refractivity contribution in [3.05, 3.63) is 40.6 Å². The van der Waals surface area contributed by atoms with Crippen LogP contribution >= 0.6 is 11.6 Å². The summed E-state index contributed by atoms with van der Waals surface area (Å²) in [6, 6.07) is 7.16. The minimum atomic E-state index is -0.240. The highest BCUT2D eigenvalue weighted by molar-refractivity contribution is 6.30. The minimum Gasteiger partial charge on any atom is -0.483 e. The molecule has 25 heavy (non-hydrogen) atoms. The standard InChI is InChI=1S/C19H23ClN2O3/c1-2-8-21-18(23)13-6-7-16-15(11-13)22-19(24)17(25-16)10-12-4-3-5-14(20)9-12/h3-5,9-10,13,15-16H,2,6-8,11H2,1H3,(H,21,23)(H,22,24)/b17-10-. The Morgan fingerprint density at radius 1 is 1.44 bits per heavy atom. The predicted molar refractivity (Wildman–Crippen MR) is 96.9 cm³/mol. The Hall–Kier alpha value is -2.01. The van der Waals surface area contributed by atoms with E-state index in [1.165, 1.54) is 0 Å². The van der Waals surface area contributed by atoms with Crippen LogP contribution in [0.4, 0.5) is 0 Å². The quantitative estimate of drug-likeness (QED) is 0.809. The molecule has 1 aliphatic heterocycles. The lowest BCUT2D eigenvalue weighted by Gasteiger charge is -2.39. The van der Waals surface area contributed by atoms with Crippen LogP contribution in [-0.2, 0) is 14.3 Å². The molecule has 134 valence electrons. The highest BCUT2D eigenvalue weighted by Gasteiger charge is 2.40. The summed E-state index contributed by atoms with van der Waals surface area (Å²) in [4.78, 5) is 24.5. The number of ether oxygens (including phenoxy) is 1. The average Bonchev–Trinajstić information content (AvgIpc) is 2.60. The first-order chi connectivity index (χ1) is 12.1. The Morgan fingerprint density at radius 3 is 3.04 bits per heavy atom. The van der Waals surface area contributed by atoms with Gasteiger partial charge in [-0.1, -0.05) is 30.7 Å². The number of carbonyl (C=O) groups excluding carboxylic acids is 2. The van der Waals surface area contributed by atoms with Crippen molar-refractivity contribution < 1.29 is 14.3 Å². The number of benzene rings is 1. The maximum absolute atomic E-state index is 12.3. The van der Waals surface area contributed by atoms with E-state index < -0.39 is 0 Å². The Bertz CT molecular complexity index is 689. The van der Waals surface area contributed by atoms with Crippen LogP contribution in [0, 0.1) is 5.92 Å². The number of fused-ring (bicyclic) bond motifs is 1. The van der Waals surface area contributed by atoms with E-state index in [0.29, 0.717) is 23.7 Å². The lowest BCUT2D eigenvalue weighted by atomic mass is 9.82. The van der Waals surface area contributed by atoms with Gasteiger partial charge in [0.1, 0.15) is 6.10 Å². The van der Waals surface area contributed by atoms with Gasteiger partial charge in [-0.25, -0.2) is 0 Å². The molecule has 3 unspecified atom stereocenters. The molecule has 1 saturated carbocycles. The summed E-state index contributed by atoms with van der Waals surface area (Å²) in [6.07, 6.45) is 4.69. The van der Waals surface area contributed by atoms with Gasteiger partial charge < -0.3 is 15.4 Å². The largest absolute Gasteiger partial charge is 0.483 e. The van der Waals surface area contributed by atoms with Crippen LogP contribution in [0.5, 0.6) is 0 Å². The third-order valence-electron chi connectivity index (χ3n) is 4.67. The van der Waals surface area contributed by atoms with Gasteiger partial charge in [-0.05, 0) is 49.5 Å². The van der Waals surface area contributed by atoms with Crippen LogP contribution in [0.1, 0.15) is 38.2 Å². The third-order valence-corrected chi connectivity index (χ3v) is 4.91. The summed E-state index contributed by atoms with van der Waals surface area (Å²) in [6.45, 7) is 2.72. The van der Waals surface area contributed by atoms with E-state index >= 15 is 0 Å². The molecule has 2 aliphatic rings. The van der Waals surface area contributed by atoms with Gasteiger partial charge in [-0.2, -0.15) is 0 Å². The van der Waals surface area contributed by atoms with Gasteiger partial charge in [0, 0.05) is 17.5 Å². The van der Waals surface area contributed by atoms with Crippen LogP contribution < -0.4 is 10.6 Å². The Morgan fingerprint density at radius 2 is 2.28 bits per heavy atom. The molecule has 6 heteroatoms. The molecule has 1 saturated heterocycles. The Labute approximate surface area is 152 Å². The Balaban J connectivity index is 1.65. The second kappa shape index (κ2) is 7.91. The first-order valence-electron chi connectivity index (χ1n) is 8.79. The first kappa shape index (κ1) is 17.8. The molecule has 0 spiro atoms. The molecule has 0 radical (unpaired) electrons. The Kier molecular flexibility index (Phi) is 5.63. The number of rotatable bonds is 4. The van der Waals surface area contributed by atoms with E-state index in [1.807, 2.05) is 19.1 Å². The average molecular weight is 363 g/mol. The van der Waals surface area contributed by atoms with Gasteiger partial charge >= 0.3 is 0 Å².